The smallest absolute Gasteiger partial charge is 0.233 e. The molecule has 1 saturated heterocycles. The molecule has 0 saturated carbocycles. The zero-order chi connectivity index (χ0) is 17.8. The molecule has 7 heteroatoms. The van der Waals surface area contributed by atoms with Crippen molar-refractivity contribution in [2.45, 2.75) is 4.90 Å². The van der Waals surface area contributed by atoms with Crippen LogP contribution in [0.25, 0.3) is 0 Å². The van der Waals surface area contributed by atoms with Crippen LogP contribution in [0.2, 0.25) is 5.02 Å². The molecule has 1 aliphatic heterocycles. The molecule has 0 aromatic heterocycles. The summed E-state index contributed by atoms with van der Waals surface area (Å²) >= 11 is 7.12. The van der Waals surface area contributed by atoms with Crippen LogP contribution in [0.3, 0.4) is 0 Å². The summed E-state index contributed by atoms with van der Waals surface area (Å²) in [6.07, 6.45) is 0. The minimum Gasteiger partial charge on any atom is -0.508 e. The van der Waals surface area contributed by atoms with E-state index >= 15 is 0 Å². The van der Waals surface area contributed by atoms with Gasteiger partial charge in [0.1, 0.15) is 11.6 Å². The zero-order valence-corrected chi connectivity index (χ0v) is 15.1. The molecule has 1 fully saturated rings. The number of rotatable bonds is 4. The van der Waals surface area contributed by atoms with Crippen molar-refractivity contribution in [1.29, 1.82) is 0 Å². The fraction of sp³-hybridized carbons (Fsp3) is 0.278. The Kier molecular flexibility index (Phi) is 5.71. The molecule has 0 bridgehead atoms. The van der Waals surface area contributed by atoms with Gasteiger partial charge >= 0.3 is 0 Å². The number of phenols is 1. The summed E-state index contributed by atoms with van der Waals surface area (Å²) < 4.78 is 13.2. The number of hydrogen-bond acceptors (Lipinski definition) is 4. The molecule has 0 aliphatic carbocycles. The number of piperazine rings is 1. The van der Waals surface area contributed by atoms with Crippen molar-refractivity contribution in [2.75, 3.05) is 36.8 Å². The van der Waals surface area contributed by atoms with Crippen LogP contribution in [0, 0.1) is 5.82 Å². The van der Waals surface area contributed by atoms with Gasteiger partial charge in [0, 0.05) is 36.8 Å². The fourth-order valence-electron chi connectivity index (χ4n) is 2.68. The number of aromatic hydroxyl groups is 1. The molecule has 1 amide bonds. The van der Waals surface area contributed by atoms with Gasteiger partial charge in [-0.05, 0) is 42.5 Å². The molecular formula is C18H18ClFN2O2S. The van der Waals surface area contributed by atoms with E-state index in [4.69, 9.17) is 11.6 Å². The highest BCUT2D eigenvalue weighted by Crippen LogP contribution is 2.25. The number of carbonyl (C=O) groups excluding carboxylic acids is 1. The van der Waals surface area contributed by atoms with Crippen molar-refractivity contribution in [3.05, 3.63) is 53.3 Å². The van der Waals surface area contributed by atoms with Gasteiger partial charge < -0.3 is 14.9 Å². The van der Waals surface area contributed by atoms with Gasteiger partial charge in [0.2, 0.25) is 5.91 Å². The summed E-state index contributed by atoms with van der Waals surface area (Å²) in [7, 11) is 0. The van der Waals surface area contributed by atoms with E-state index in [1.807, 2.05) is 17.0 Å². The lowest BCUT2D eigenvalue weighted by molar-refractivity contribution is -0.128. The lowest BCUT2D eigenvalue weighted by Gasteiger charge is -2.36. The number of anilines is 1. The zero-order valence-electron chi connectivity index (χ0n) is 13.5. The first-order valence-electron chi connectivity index (χ1n) is 7.92. The van der Waals surface area contributed by atoms with Gasteiger partial charge in [-0.1, -0.05) is 11.6 Å². The van der Waals surface area contributed by atoms with Crippen molar-refractivity contribution in [2.24, 2.45) is 0 Å². The van der Waals surface area contributed by atoms with Gasteiger partial charge in [-0.2, -0.15) is 0 Å². The molecule has 2 aromatic rings. The third-order valence-corrected chi connectivity index (χ3v) is 5.37. The van der Waals surface area contributed by atoms with Gasteiger partial charge in [0.15, 0.2) is 0 Å². The number of thioether (sulfide) groups is 1. The number of phenolic OH excluding ortho intramolecular Hbond substituents is 1. The highest BCUT2D eigenvalue weighted by molar-refractivity contribution is 8.00. The largest absolute Gasteiger partial charge is 0.508 e. The van der Waals surface area contributed by atoms with Crippen molar-refractivity contribution >= 4 is 35.0 Å². The maximum absolute atomic E-state index is 13.2. The standard InChI is InChI=1S/C18H18ClFN2O2S/c19-16-11-15(5-6-17(16)20)25-12-18(24)22-9-7-21(8-10-22)13-1-3-14(23)4-2-13/h1-6,11,23H,7-10,12H2. The van der Waals surface area contributed by atoms with Crippen LogP contribution in [-0.4, -0.2) is 47.8 Å². The molecule has 0 radical (unpaired) electrons. The Balaban J connectivity index is 1.49. The molecule has 25 heavy (non-hydrogen) atoms. The van der Waals surface area contributed by atoms with E-state index in [1.165, 1.54) is 23.9 Å². The van der Waals surface area contributed by atoms with Gasteiger partial charge in [-0.3, -0.25) is 4.79 Å². The Morgan fingerprint density at radius 3 is 2.44 bits per heavy atom. The number of nitrogens with zero attached hydrogens (tertiary/aromatic N) is 2. The molecule has 4 nitrogen and oxygen atoms in total. The average Bonchev–Trinajstić information content (AvgIpc) is 2.63. The van der Waals surface area contributed by atoms with E-state index in [1.54, 1.807) is 18.2 Å². The number of halogens is 2. The van der Waals surface area contributed by atoms with Gasteiger partial charge in [0.05, 0.1) is 10.8 Å². The van der Waals surface area contributed by atoms with Crippen LogP contribution in [0.4, 0.5) is 10.1 Å². The van der Waals surface area contributed by atoms with E-state index in [2.05, 4.69) is 4.90 Å². The number of amides is 1. The first kappa shape index (κ1) is 17.9. The Labute approximate surface area is 155 Å². The number of benzene rings is 2. The van der Waals surface area contributed by atoms with Gasteiger partial charge in [-0.25, -0.2) is 4.39 Å². The SMILES string of the molecule is O=C(CSc1ccc(F)c(Cl)c1)N1CCN(c2ccc(O)cc2)CC1. The highest BCUT2D eigenvalue weighted by atomic mass is 35.5. The van der Waals surface area contributed by atoms with Crippen LogP contribution >= 0.6 is 23.4 Å². The van der Waals surface area contributed by atoms with Gasteiger partial charge in [-0.15, -0.1) is 11.8 Å². The summed E-state index contributed by atoms with van der Waals surface area (Å²) in [5.74, 6) is 0.162. The van der Waals surface area contributed by atoms with Crippen molar-refractivity contribution in [3.63, 3.8) is 0 Å². The second-order valence-electron chi connectivity index (χ2n) is 5.75. The summed E-state index contributed by atoms with van der Waals surface area (Å²) in [4.78, 5) is 17.2. The third kappa shape index (κ3) is 4.58. The predicted molar refractivity (Wildman–Crippen MR) is 99.0 cm³/mol. The lowest BCUT2D eigenvalue weighted by atomic mass is 10.2. The molecule has 0 unspecified atom stereocenters. The fourth-order valence-corrected chi connectivity index (χ4v) is 3.76. The molecule has 3 rings (SSSR count). The summed E-state index contributed by atoms with van der Waals surface area (Å²) in [6.45, 7) is 2.82. The molecule has 0 spiro atoms. The van der Waals surface area contributed by atoms with Crippen LogP contribution in [0.5, 0.6) is 5.75 Å². The van der Waals surface area contributed by atoms with Crippen LogP contribution in [0.1, 0.15) is 0 Å². The summed E-state index contributed by atoms with van der Waals surface area (Å²) in [5, 5.41) is 9.42. The quantitative estimate of drug-likeness (QED) is 0.823. The molecule has 0 atom stereocenters. The van der Waals surface area contributed by atoms with E-state index in [9.17, 15) is 14.3 Å². The Morgan fingerprint density at radius 1 is 1.12 bits per heavy atom. The molecule has 1 N–H and O–H groups in total. The van der Waals surface area contributed by atoms with E-state index in [0.717, 1.165) is 23.7 Å². The summed E-state index contributed by atoms with van der Waals surface area (Å²) in [5.41, 5.74) is 1.04. The molecule has 132 valence electrons. The highest BCUT2D eigenvalue weighted by Gasteiger charge is 2.21. The maximum atomic E-state index is 13.2. The minimum absolute atomic E-state index is 0.0656. The van der Waals surface area contributed by atoms with Crippen molar-refractivity contribution in [1.82, 2.24) is 4.90 Å². The van der Waals surface area contributed by atoms with Crippen LogP contribution in [-0.2, 0) is 4.79 Å². The van der Waals surface area contributed by atoms with Crippen LogP contribution < -0.4 is 4.90 Å². The van der Waals surface area contributed by atoms with E-state index in [0.29, 0.717) is 18.8 Å². The monoisotopic (exact) mass is 380 g/mol. The second kappa shape index (κ2) is 7.97. The third-order valence-electron chi connectivity index (χ3n) is 4.10. The number of hydrogen-bond donors (Lipinski definition) is 1. The Morgan fingerprint density at radius 2 is 1.80 bits per heavy atom. The summed E-state index contributed by atoms with van der Waals surface area (Å²) in [6, 6.07) is 11.6. The van der Waals surface area contributed by atoms with E-state index < -0.39 is 5.82 Å². The topological polar surface area (TPSA) is 43.8 Å². The Hall–Kier alpha value is -1.92. The molecular weight excluding hydrogens is 363 g/mol. The maximum Gasteiger partial charge on any atom is 0.233 e. The molecule has 2 aromatic carbocycles. The first-order valence-corrected chi connectivity index (χ1v) is 9.29. The molecule has 1 heterocycles. The van der Waals surface area contributed by atoms with E-state index in [-0.39, 0.29) is 16.7 Å². The average molecular weight is 381 g/mol. The van der Waals surface area contributed by atoms with Crippen LogP contribution in [0.15, 0.2) is 47.4 Å². The minimum atomic E-state index is -0.456. The second-order valence-corrected chi connectivity index (χ2v) is 7.20. The normalized spacial score (nSPS) is 14.6. The van der Waals surface area contributed by atoms with Crippen molar-refractivity contribution in [3.8, 4) is 5.75 Å². The predicted octanol–water partition coefficient (Wildman–Crippen LogP) is 3.63. The number of carbonyl (C=O) groups is 1. The molecule has 1 aliphatic rings. The van der Waals surface area contributed by atoms with Gasteiger partial charge in [0.25, 0.3) is 0 Å². The Bertz CT molecular complexity index is 749. The van der Waals surface area contributed by atoms with Crippen molar-refractivity contribution < 1.29 is 14.3 Å². The first-order chi connectivity index (χ1) is 12.0. The lowest BCUT2D eigenvalue weighted by Crippen LogP contribution is -2.49.